The van der Waals surface area contributed by atoms with E-state index in [4.69, 9.17) is 4.74 Å². The zero-order valence-corrected chi connectivity index (χ0v) is 16.0. The minimum Gasteiger partial charge on any atom is -0.464 e. The van der Waals surface area contributed by atoms with Crippen molar-refractivity contribution in [2.24, 2.45) is 0 Å². The van der Waals surface area contributed by atoms with Gasteiger partial charge in [0.25, 0.3) is 0 Å². The molecule has 2 aliphatic rings. The van der Waals surface area contributed by atoms with E-state index in [-0.39, 0.29) is 13.2 Å². The number of esters is 1. The Morgan fingerprint density at radius 1 is 1.07 bits per heavy atom. The smallest absolute Gasteiger partial charge is 0.341 e. The van der Waals surface area contributed by atoms with Crippen LogP contribution in [0.4, 0.5) is 11.4 Å². The van der Waals surface area contributed by atoms with Crippen molar-refractivity contribution < 1.29 is 14.3 Å². The van der Waals surface area contributed by atoms with E-state index >= 15 is 0 Å². The molecular weight excluding hydrogens is 340 g/mol. The van der Waals surface area contributed by atoms with Crippen LogP contribution in [0, 0.1) is 13.8 Å². The fraction of sp³-hybridized carbons (Fsp3) is 0.364. The monoisotopic (exact) mass is 364 g/mol. The predicted molar refractivity (Wildman–Crippen MR) is 105 cm³/mol. The third-order valence-corrected chi connectivity index (χ3v) is 5.53. The summed E-state index contributed by atoms with van der Waals surface area (Å²) in [7, 11) is 0. The lowest BCUT2D eigenvalue weighted by Crippen LogP contribution is -2.60. The second kappa shape index (κ2) is 6.41. The summed E-state index contributed by atoms with van der Waals surface area (Å²) in [5.41, 5.74) is 5.20. The maximum absolute atomic E-state index is 13.0. The van der Waals surface area contributed by atoms with Crippen LogP contribution in [-0.4, -0.2) is 30.9 Å². The van der Waals surface area contributed by atoms with Crippen molar-refractivity contribution in [2.45, 2.75) is 39.4 Å². The van der Waals surface area contributed by atoms with Gasteiger partial charge in [0.15, 0.2) is 6.29 Å². The molecule has 0 radical (unpaired) electrons. The molecule has 5 heteroatoms. The molecule has 2 aliphatic heterocycles. The van der Waals surface area contributed by atoms with Crippen LogP contribution in [0.25, 0.3) is 0 Å². The van der Waals surface area contributed by atoms with E-state index in [1.54, 1.807) is 6.92 Å². The molecule has 2 heterocycles. The van der Waals surface area contributed by atoms with Gasteiger partial charge in [-0.2, -0.15) is 0 Å². The number of aldehydes is 1. The van der Waals surface area contributed by atoms with Crippen molar-refractivity contribution in [2.75, 3.05) is 23.0 Å². The first-order chi connectivity index (χ1) is 13.0. The fourth-order valence-corrected chi connectivity index (χ4v) is 4.25. The zero-order chi connectivity index (χ0) is 19.2. The molecule has 0 aromatic heterocycles. The third kappa shape index (κ3) is 2.69. The molecule has 2 aromatic rings. The Kier molecular flexibility index (Phi) is 4.17. The molecule has 27 heavy (non-hydrogen) atoms. The van der Waals surface area contributed by atoms with E-state index < -0.39 is 11.5 Å². The molecule has 0 saturated heterocycles. The molecule has 0 spiro atoms. The van der Waals surface area contributed by atoms with Gasteiger partial charge in [-0.25, -0.2) is 4.79 Å². The lowest BCUT2D eigenvalue weighted by molar-refractivity contribution is -0.150. The lowest BCUT2D eigenvalue weighted by atomic mass is 9.97. The van der Waals surface area contributed by atoms with Crippen molar-refractivity contribution in [3.05, 3.63) is 58.7 Å². The standard InChI is InChI=1S/C22H24N2O3/c1-4-27-21(26)22(14-25)13-23-11-17-9-16(3)6-8-20(17)24(22)12-18-10-15(2)5-7-19(18)23/h5-10,14H,4,11-13H2,1-3H3. The van der Waals surface area contributed by atoms with Gasteiger partial charge in [0, 0.05) is 24.5 Å². The zero-order valence-electron chi connectivity index (χ0n) is 16.0. The van der Waals surface area contributed by atoms with Gasteiger partial charge < -0.3 is 14.5 Å². The highest BCUT2D eigenvalue weighted by molar-refractivity contribution is 6.04. The average Bonchev–Trinajstić information content (AvgIpc) is 2.85. The summed E-state index contributed by atoms with van der Waals surface area (Å²) in [6, 6.07) is 12.5. The summed E-state index contributed by atoms with van der Waals surface area (Å²) in [6.07, 6.45) is 0.770. The summed E-state index contributed by atoms with van der Waals surface area (Å²) < 4.78 is 5.36. The van der Waals surface area contributed by atoms with Crippen LogP contribution in [0.2, 0.25) is 0 Å². The molecule has 2 bridgehead atoms. The van der Waals surface area contributed by atoms with Crippen LogP contribution in [0.1, 0.15) is 29.2 Å². The molecule has 4 rings (SSSR count). The molecule has 0 aliphatic carbocycles. The first-order valence-corrected chi connectivity index (χ1v) is 9.33. The van der Waals surface area contributed by atoms with E-state index in [1.165, 1.54) is 0 Å². The van der Waals surface area contributed by atoms with E-state index in [1.807, 2.05) is 17.0 Å². The molecule has 0 amide bonds. The lowest BCUT2D eigenvalue weighted by Gasteiger charge is -2.37. The van der Waals surface area contributed by atoms with Crippen molar-refractivity contribution >= 4 is 23.6 Å². The quantitative estimate of drug-likeness (QED) is 0.476. The van der Waals surface area contributed by atoms with E-state index in [9.17, 15) is 9.59 Å². The fourth-order valence-electron chi connectivity index (χ4n) is 4.25. The van der Waals surface area contributed by atoms with Crippen molar-refractivity contribution in [1.82, 2.24) is 0 Å². The summed E-state index contributed by atoms with van der Waals surface area (Å²) in [5.74, 6) is -0.483. The van der Waals surface area contributed by atoms with Gasteiger partial charge in [0.2, 0.25) is 5.54 Å². The van der Waals surface area contributed by atoms with Gasteiger partial charge in [0.1, 0.15) is 0 Å². The summed E-state index contributed by atoms with van der Waals surface area (Å²) >= 11 is 0. The van der Waals surface area contributed by atoms with E-state index in [0.29, 0.717) is 13.1 Å². The van der Waals surface area contributed by atoms with Gasteiger partial charge in [-0.1, -0.05) is 35.4 Å². The number of carbonyl (C=O) groups is 2. The predicted octanol–water partition coefficient (Wildman–Crippen LogP) is 3.14. The van der Waals surface area contributed by atoms with Crippen molar-refractivity contribution in [3.8, 4) is 0 Å². The molecule has 1 unspecified atom stereocenters. The second-order valence-electron chi connectivity index (χ2n) is 7.47. The van der Waals surface area contributed by atoms with Gasteiger partial charge in [-0.05, 0) is 44.0 Å². The number of hydrogen-bond donors (Lipinski definition) is 0. The Bertz CT molecular complexity index is 924. The van der Waals surface area contributed by atoms with Crippen LogP contribution in [0.15, 0.2) is 36.4 Å². The normalized spacial score (nSPS) is 20.4. The first-order valence-electron chi connectivity index (χ1n) is 9.33. The number of nitrogens with zero attached hydrogens (tertiary/aromatic N) is 2. The third-order valence-electron chi connectivity index (χ3n) is 5.53. The maximum Gasteiger partial charge on any atom is 0.341 e. The number of ether oxygens (including phenoxy) is 1. The number of carbonyl (C=O) groups excluding carboxylic acids is 2. The van der Waals surface area contributed by atoms with Crippen LogP contribution >= 0.6 is 0 Å². The van der Waals surface area contributed by atoms with Crippen LogP contribution < -0.4 is 9.80 Å². The number of rotatable bonds is 3. The first kappa shape index (κ1) is 17.6. The highest BCUT2D eigenvalue weighted by Gasteiger charge is 2.51. The number of hydrogen-bond acceptors (Lipinski definition) is 5. The van der Waals surface area contributed by atoms with Crippen LogP contribution in [-0.2, 0) is 27.4 Å². The average molecular weight is 364 g/mol. The SMILES string of the molecule is CCOC(=O)C1(C=O)CN2Cc3cc(C)ccc3N1Cc1cc(C)ccc12. The number of anilines is 2. The molecule has 1 atom stereocenters. The summed E-state index contributed by atoms with van der Waals surface area (Å²) in [4.78, 5) is 29.5. The van der Waals surface area contributed by atoms with E-state index in [2.05, 4.69) is 43.0 Å². The Morgan fingerprint density at radius 3 is 2.33 bits per heavy atom. The van der Waals surface area contributed by atoms with Gasteiger partial charge >= 0.3 is 5.97 Å². The van der Waals surface area contributed by atoms with Crippen LogP contribution in [0.5, 0.6) is 0 Å². The minimum atomic E-state index is -1.36. The molecule has 140 valence electrons. The topological polar surface area (TPSA) is 49.9 Å². The number of benzene rings is 2. The Hall–Kier alpha value is -2.82. The highest BCUT2D eigenvalue weighted by Crippen LogP contribution is 2.41. The highest BCUT2D eigenvalue weighted by atomic mass is 16.5. The Balaban J connectivity index is 1.96. The molecule has 5 nitrogen and oxygen atoms in total. The largest absolute Gasteiger partial charge is 0.464 e. The van der Waals surface area contributed by atoms with Gasteiger partial charge in [-0.15, -0.1) is 0 Å². The van der Waals surface area contributed by atoms with Crippen molar-refractivity contribution in [3.63, 3.8) is 0 Å². The van der Waals surface area contributed by atoms with Gasteiger partial charge in [-0.3, -0.25) is 4.79 Å². The minimum absolute atomic E-state index is 0.245. The van der Waals surface area contributed by atoms with Crippen LogP contribution in [0.3, 0.4) is 0 Å². The molecular formula is C22H24N2O3. The Labute approximate surface area is 159 Å². The molecule has 0 N–H and O–H groups in total. The molecule has 2 aromatic carbocycles. The summed E-state index contributed by atoms with van der Waals surface area (Å²) in [5, 5.41) is 0. The van der Waals surface area contributed by atoms with Gasteiger partial charge in [0.05, 0.1) is 13.2 Å². The number of fused-ring (bicyclic) bond motifs is 7. The molecule has 0 saturated carbocycles. The van der Waals surface area contributed by atoms with E-state index in [0.717, 1.165) is 39.9 Å². The Morgan fingerprint density at radius 2 is 1.70 bits per heavy atom. The second-order valence-corrected chi connectivity index (χ2v) is 7.47. The van der Waals surface area contributed by atoms with Crippen molar-refractivity contribution in [1.29, 1.82) is 0 Å². The molecule has 0 fully saturated rings. The summed E-state index contributed by atoms with van der Waals surface area (Å²) in [6.45, 7) is 7.54. The number of aryl methyl sites for hydroxylation is 2. The maximum atomic E-state index is 13.0.